The van der Waals surface area contributed by atoms with Gasteiger partial charge < -0.3 is 8.85 Å². The van der Waals surface area contributed by atoms with Crippen molar-refractivity contribution < 1.29 is 21.5 Å². The van der Waals surface area contributed by atoms with E-state index in [-0.39, 0.29) is 27.5 Å². The molecule has 1 unspecified atom stereocenters. The summed E-state index contributed by atoms with van der Waals surface area (Å²) in [7, 11) is -11.1. The molecule has 5 rings (SSSR count). The summed E-state index contributed by atoms with van der Waals surface area (Å²) >= 11 is 0. The monoisotopic (exact) mass is 950 g/mol. The van der Waals surface area contributed by atoms with Crippen LogP contribution in [0.2, 0.25) is 10.1 Å². The minimum Gasteiger partial charge on any atom is -0.405 e. The van der Waals surface area contributed by atoms with Crippen LogP contribution in [0.3, 0.4) is 0 Å². The maximum atomic E-state index is 15.2. The summed E-state index contributed by atoms with van der Waals surface area (Å²) in [5.41, 5.74) is 0.900. The first-order chi connectivity index (χ1) is 30.6. The Labute approximate surface area is 397 Å². The van der Waals surface area contributed by atoms with E-state index < -0.39 is 48.4 Å². The molecular formula is C54H74N2O5S2Si2. The number of benzene rings is 5. The zero-order chi connectivity index (χ0) is 47.5. The van der Waals surface area contributed by atoms with E-state index in [9.17, 15) is 4.21 Å². The average molecular weight is 952 g/mol. The van der Waals surface area contributed by atoms with Crippen molar-refractivity contribution in [1.82, 2.24) is 9.03 Å². The molecule has 2 atom stereocenters. The molecule has 0 aliphatic rings. The lowest BCUT2D eigenvalue weighted by Gasteiger charge is -2.44. The van der Waals surface area contributed by atoms with Crippen molar-refractivity contribution in [3.8, 4) is 0 Å². The Morgan fingerprint density at radius 2 is 1.05 bits per heavy atom. The normalized spacial score (nSPS) is 14.3. The first kappa shape index (κ1) is 52.2. The fraction of sp³-hybridized carbons (Fsp3) is 0.407. The summed E-state index contributed by atoms with van der Waals surface area (Å²) in [6.07, 6.45) is 5.23. The zero-order valence-electron chi connectivity index (χ0n) is 40.7. The summed E-state index contributed by atoms with van der Waals surface area (Å²) in [4.78, 5) is 0.224. The predicted octanol–water partition coefficient (Wildman–Crippen LogP) is 9.74. The minimum absolute atomic E-state index is 0.146. The van der Waals surface area contributed by atoms with Crippen molar-refractivity contribution in [3.05, 3.63) is 163 Å². The largest absolute Gasteiger partial charge is 0.405 e. The standard InChI is InChI=1S/C54H74N2O5S2Si2/c1-44(2)39-41-56(63(58,59)47-37-35-45(36-38-47)42-60-64(53(6,7)8,48-27-16-12-17-28-48)49-29-18-13-19-30-49)46(26-24-25-40-55-62(57)52(3,4)5)43-61-65(54(9,10)11,50-31-20-14-21-32-50)51-33-22-15-23-34-51/h12-24,26-38,44,46,55H,25,39-43H2,1-11H3/t46-,62?/m0/s1. The van der Waals surface area contributed by atoms with E-state index in [1.807, 2.05) is 69.3 Å². The van der Waals surface area contributed by atoms with Gasteiger partial charge in [0.2, 0.25) is 10.0 Å². The van der Waals surface area contributed by atoms with Crippen LogP contribution in [0.25, 0.3) is 0 Å². The summed E-state index contributed by atoms with van der Waals surface area (Å²) < 4.78 is 62.4. The van der Waals surface area contributed by atoms with E-state index >= 15 is 8.42 Å². The van der Waals surface area contributed by atoms with Gasteiger partial charge in [-0.2, -0.15) is 4.31 Å². The summed E-state index contributed by atoms with van der Waals surface area (Å²) in [5.74, 6) is 0.257. The van der Waals surface area contributed by atoms with Crippen LogP contribution < -0.4 is 25.5 Å². The summed E-state index contributed by atoms with van der Waals surface area (Å²) in [5, 5.41) is 4.13. The Morgan fingerprint density at radius 3 is 1.43 bits per heavy atom. The average Bonchev–Trinajstić information content (AvgIpc) is 3.26. The molecule has 5 aromatic rings. The third-order valence-corrected chi connectivity index (χ3v) is 25.5. The number of rotatable bonds is 21. The quantitative estimate of drug-likeness (QED) is 0.0450. The summed E-state index contributed by atoms with van der Waals surface area (Å²) in [6.45, 7) is 24.8. The van der Waals surface area contributed by atoms with Gasteiger partial charge in [-0.25, -0.2) is 17.3 Å². The second-order valence-corrected chi connectivity index (χ2v) is 33.0. The highest BCUT2D eigenvalue weighted by Crippen LogP contribution is 2.39. The van der Waals surface area contributed by atoms with Crippen molar-refractivity contribution in [2.75, 3.05) is 19.7 Å². The van der Waals surface area contributed by atoms with Gasteiger partial charge in [0.25, 0.3) is 16.6 Å². The SMILES string of the molecule is CC(C)CCN([C@@H](C=CCCNS(=O)C(C)(C)C)CO[Si](c1ccccc1)(c1ccccc1)C(C)(C)C)S(=O)(=O)c1ccc(CO[Si](c2ccccc2)(c2ccccc2)C(C)(C)C)cc1. The Morgan fingerprint density at radius 1 is 0.631 bits per heavy atom. The van der Waals surface area contributed by atoms with Crippen molar-refractivity contribution in [3.63, 3.8) is 0 Å². The van der Waals surface area contributed by atoms with Crippen LogP contribution in [0.5, 0.6) is 0 Å². The topological polar surface area (TPSA) is 84.9 Å². The van der Waals surface area contributed by atoms with E-state index in [4.69, 9.17) is 8.85 Å². The first-order valence-electron chi connectivity index (χ1n) is 23.1. The highest BCUT2D eigenvalue weighted by atomic mass is 32.2. The molecule has 0 spiro atoms. The first-order valence-corrected chi connectivity index (χ1v) is 29.5. The van der Waals surface area contributed by atoms with Gasteiger partial charge in [-0.15, -0.1) is 0 Å². The Bertz CT molecular complexity index is 2300. The third-order valence-electron chi connectivity index (χ3n) is 12.0. The number of nitrogens with zero attached hydrogens (tertiary/aromatic N) is 1. The molecule has 0 aromatic heterocycles. The second kappa shape index (κ2) is 22.3. The lowest BCUT2D eigenvalue weighted by molar-refractivity contribution is 0.217. The molecule has 0 heterocycles. The molecule has 65 heavy (non-hydrogen) atoms. The van der Waals surface area contributed by atoms with E-state index in [1.165, 1.54) is 10.4 Å². The molecule has 350 valence electrons. The summed E-state index contributed by atoms with van der Waals surface area (Å²) in [6, 6.07) is 48.6. The molecule has 0 fully saturated rings. The van der Waals surface area contributed by atoms with Crippen LogP contribution >= 0.6 is 0 Å². The van der Waals surface area contributed by atoms with E-state index in [1.54, 1.807) is 16.4 Å². The van der Waals surface area contributed by atoms with Crippen LogP contribution in [0, 0.1) is 5.92 Å². The van der Waals surface area contributed by atoms with Crippen molar-refractivity contribution in [2.24, 2.45) is 5.92 Å². The molecule has 0 amide bonds. The number of hydrogen-bond donors (Lipinski definition) is 1. The number of sulfonamides is 1. The minimum atomic E-state index is -4.05. The van der Waals surface area contributed by atoms with Gasteiger partial charge in [-0.1, -0.05) is 201 Å². The zero-order valence-corrected chi connectivity index (χ0v) is 44.3. The Balaban J connectivity index is 1.54. The Hall–Kier alpha value is -3.79. The van der Waals surface area contributed by atoms with Gasteiger partial charge in [-0.05, 0) is 88.1 Å². The molecule has 0 saturated carbocycles. The van der Waals surface area contributed by atoms with Crippen molar-refractivity contribution in [1.29, 1.82) is 0 Å². The van der Waals surface area contributed by atoms with Crippen molar-refractivity contribution in [2.45, 2.75) is 121 Å². The lowest BCUT2D eigenvalue weighted by atomic mass is 10.1. The van der Waals surface area contributed by atoms with Gasteiger partial charge in [0.15, 0.2) is 0 Å². The smallest absolute Gasteiger partial charge is 0.261 e. The molecule has 7 nitrogen and oxygen atoms in total. The van der Waals surface area contributed by atoms with Gasteiger partial charge in [0, 0.05) is 13.1 Å². The van der Waals surface area contributed by atoms with Crippen LogP contribution in [0.15, 0.2) is 163 Å². The fourth-order valence-electron chi connectivity index (χ4n) is 8.61. The van der Waals surface area contributed by atoms with Gasteiger partial charge in [-0.3, -0.25) is 0 Å². The van der Waals surface area contributed by atoms with E-state index in [0.717, 1.165) is 15.9 Å². The van der Waals surface area contributed by atoms with Gasteiger partial charge in [0.1, 0.15) is 0 Å². The van der Waals surface area contributed by atoms with Crippen LogP contribution in [0.1, 0.15) is 94.6 Å². The van der Waals surface area contributed by atoms with Crippen LogP contribution in [-0.2, 0) is 36.5 Å². The highest BCUT2D eigenvalue weighted by molar-refractivity contribution is 7.89. The highest BCUT2D eigenvalue weighted by Gasteiger charge is 2.52. The van der Waals surface area contributed by atoms with E-state index in [0.29, 0.717) is 32.5 Å². The van der Waals surface area contributed by atoms with Crippen LogP contribution in [-0.4, -0.2) is 64.1 Å². The molecule has 0 bridgehead atoms. The molecule has 0 saturated heterocycles. The predicted molar refractivity (Wildman–Crippen MR) is 279 cm³/mol. The molecule has 1 N–H and O–H groups in total. The molecule has 0 radical (unpaired) electrons. The molecule has 0 aliphatic carbocycles. The number of hydrogen-bond acceptors (Lipinski definition) is 5. The molecule has 11 heteroatoms. The molecule has 5 aromatic carbocycles. The van der Waals surface area contributed by atoms with E-state index in [2.05, 4.69) is 157 Å². The van der Waals surface area contributed by atoms with Crippen LogP contribution in [0.4, 0.5) is 0 Å². The Kier molecular flexibility index (Phi) is 17.9. The molecular weight excluding hydrogens is 877 g/mol. The maximum absolute atomic E-state index is 15.2. The van der Waals surface area contributed by atoms with Gasteiger partial charge in [0.05, 0.1) is 39.9 Å². The second-order valence-electron chi connectivity index (χ2n) is 20.4. The third kappa shape index (κ3) is 12.6. The van der Waals surface area contributed by atoms with Gasteiger partial charge >= 0.3 is 0 Å². The molecule has 0 aliphatic heterocycles. The fourth-order valence-corrected chi connectivity index (χ4v) is 20.0. The van der Waals surface area contributed by atoms with Crippen molar-refractivity contribution >= 4 is 58.4 Å². The maximum Gasteiger partial charge on any atom is 0.261 e. The lowest BCUT2D eigenvalue weighted by Crippen LogP contribution is -2.67. The number of nitrogens with one attached hydrogen (secondary N) is 1.